The summed E-state index contributed by atoms with van der Waals surface area (Å²) in [6, 6.07) is 6.67. The lowest BCUT2D eigenvalue weighted by atomic mass is 10.2. The Bertz CT molecular complexity index is 525. The van der Waals surface area contributed by atoms with Gasteiger partial charge < -0.3 is 5.32 Å². The van der Waals surface area contributed by atoms with Gasteiger partial charge in [0.15, 0.2) is 5.11 Å². The third-order valence-electron chi connectivity index (χ3n) is 2.42. The lowest BCUT2D eigenvalue weighted by Gasteiger charge is -2.17. The molecule has 1 fully saturated rings. The number of benzene rings is 1. The zero-order valence-corrected chi connectivity index (χ0v) is 10.9. The Labute approximate surface area is 106 Å². The Hall–Kier alpha value is -1.18. The van der Waals surface area contributed by atoms with E-state index in [4.69, 9.17) is 12.2 Å². The molecule has 92 valence electrons. The zero-order chi connectivity index (χ0) is 12.5. The van der Waals surface area contributed by atoms with Crippen molar-refractivity contribution in [3.8, 4) is 0 Å². The van der Waals surface area contributed by atoms with Gasteiger partial charge in [-0.3, -0.25) is 5.01 Å². The predicted molar refractivity (Wildman–Crippen MR) is 68.8 cm³/mol. The minimum atomic E-state index is -3.54. The molecular formula is C10H13N3O2S2. The molecule has 2 N–H and O–H groups in total. The molecule has 1 aliphatic heterocycles. The third kappa shape index (κ3) is 2.74. The normalized spacial score (nSPS) is 16.1. The molecule has 0 spiro atoms. The van der Waals surface area contributed by atoms with Crippen LogP contribution in [0.5, 0.6) is 0 Å². The van der Waals surface area contributed by atoms with Crippen LogP contribution in [0.15, 0.2) is 29.2 Å². The van der Waals surface area contributed by atoms with Crippen molar-refractivity contribution in [2.45, 2.75) is 11.8 Å². The maximum absolute atomic E-state index is 12.0. The summed E-state index contributed by atoms with van der Waals surface area (Å²) in [5.74, 6) is 0. The largest absolute Gasteiger partial charge is 0.360 e. The van der Waals surface area contributed by atoms with Crippen LogP contribution < -0.4 is 10.1 Å². The molecule has 5 nitrogen and oxygen atoms in total. The molecule has 1 aromatic rings. The van der Waals surface area contributed by atoms with Gasteiger partial charge in [-0.15, -0.1) is 4.83 Å². The van der Waals surface area contributed by atoms with Crippen molar-refractivity contribution in [2.75, 3.05) is 13.1 Å². The van der Waals surface area contributed by atoms with Crippen molar-refractivity contribution in [1.82, 2.24) is 15.2 Å². The summed E-state index contributed by atoms with van der Waals surface area (Å²) in [6.07, 6.45) is 0. The summed E-state index contributed by atoms with van der Waals surface area (Å²) < 4.78 is 24.0. The minimum Gasteiger partial charge on any atom is -0.360 e. The van der Waals surface area contributed by atoms with Gasteiger partial charge in [-0.25, -0.2) is 8.42 Å². The van der Waals surface area contributed by atoms with Crippen LogP contribution in [0.1, 0.15) is 5.56 Å². The number of thiocarbonyl (C=S) groups is 1. The van der Waals surface area contributed by atoms with E-state index in [9.17, 15) is 8.42 Å². The number of nitrogens with one attached hydrogen (secondary N) is 2. The lowest BCUT2D eigenvalue weighted by molar-refractivity contribution is 0.418. The van der Waals surface area contributed by atoms with Crippen molar-refractivity contribution < 1.29 is 8.42 Å². The highest BCUT2D eigenvalue weighted by atomic mass is 32.2. The number of nitrogens with zero attached hydrogens (tertiary/aromatic N) is 1. The highest BCUT2D eigenvalue weighted by Crippen LogP contribution is 2.10. The number of aryl methyl sites for hydroxylation is 1. The van der Waals surface area contributed by atoms with E-state index < -0.39 is 10.0 Å². The summed E-state index contributed by atoms with van der Waals surface area (Å²) in [6.45, 7) is 3.09. The second kappa shape index (κ2) is 4.59. The molecule has 1 saturated heterocycles. The first-order valence-corrected chi connectivity index (χ1v) is 7.03. The summed E-state index contributed by atoms with van der Waals surface area (Å²) in [5.41, 5.74) is 1.02. The highest BCUT2D eigenvalue weighted by Gasteiger charge is 2.23. The lowest BCUT2D eigenvalue weighted by Crippen LogP contribution is -2.43. The second-order valence-electron chi connectivity index (χ2n) is 3.79. The van der Waals surface area contributed by atoms with E-state index in [0.717, 1.165) is 5.56 Å². The van der Waals surface area contributed by atoms with Gasteiger partial charge in [0.05, 0.1) is 11.4 Å². The monoisotopic (exact) mass is 271 g/mol. The van der Waals surface area contributed by atoms with Crippen LogP contribution in [0.3, 0.4) is 0 Å². The van der Waals surface area contributed by atoms with Gasteiger partial charge in [0.25, 0.3) is 10.0 Å². The minimum absolute atomic E-state index is 0.234. The first-order chi connectivity index (χ1) is 7.99. The Morgan fingerprint density at radius 3 is 2.53 bits per heavy atom. The number of hydrogen-bond donors (Lipinski definition) is 2. The van der Waals surface area contributed by atoms with Crippen LogP contribution in [0.25, 0.3) is 0 Å². The topological polar surface area (TPSA) is 61.4 Å². The molecule has 0 unspecified atom stereocenters. The molecule has 1 aliphatic rings. The molecular weight excluding hydrogens is 258 g/mol. The fourth-order valence-corrected chi connectivity index (χ4v) is 2.84. The van der Waals surface area contributed by atoms with Gasteiger partial charge in [-0.1, -0.05) is 17.7 Å². The first-order valence-electron chi connectivity index (χ1n) is 5.13. The molecule has 0 aromatic heterocycles. The maximum Gasteiger partial charge on any atom is 0.257 e. The number of rotatable bonds is 3. The van der Waals surface area contributed by atoms with Crippen LogP contribution >= 0.6 is 12.2 Å². The molecule has 7 heteroatoms. The maximum atomic E-state index is 12.0. The SMILES string of the molecule is Cc1ccc(S(=O)(=O)NN2CCNC2=S)cc1. The first kappa shape index (κ1) is 12.3. The van der Waals surface area contributed by atoms with E-state index in [1.54, 1.807) is 24.3 Å². The van der Waals surface area contributed by atoms with Crippen LogP contribution in [0.2, 0.25) is 0 Å². The van der Waals surface area contributed by atoms with E-state index in [0.29, 0.717) is 18.2 Å². The summed E-state index contributed by atoms with van der Waals surface area (Å²) >= 11 is 4.97. The summed E-state index contributed by atoms with van der Waals surface area (Å²) in [5, 5.41) is 4.71. The van der Waals surface area contributed by atoms with Crippen molar-refractivity contribution in [3.05, 3.63) is 29.8 Å². The Balaban J connectivity index is 2.19. The summed E-state index contributed by atoms with van der Waals surface area (Å²) in [7, 11) is -3.54. The van der Waals surface area contributed by atoms with Gasteiger partial charge in [0.1, 0.15) is 0 Å². The molecule has 17 heavy (non-hydrogen) atoms. The second-order valence-corrected chi connectivity index (χ2v) is 5.84. The van der Waals surface area contributed by atoms with E-state index in [1.165, 1.54) is 5.01 Å². The van der Waals surface area contributed by atoms with E-state index in [1.807, 2.05) is 6.92 Å². The standard InChI is InChI=1S/C10H13N3O2S2/c1-8-2-4-9(5-3-8)17(14,15)12-13-7-6-11-10(13)16/h2-5,12H,6-7H2,1H3,(H,11,16). The van der Waals surface area contributed by atoms with Crippen LogP contribution in [0.4, 0.5) is 0 Å². The van der Waals surface area contributed by atoms with Gasteiger partial charge in [0, 0.05) is 6.54 Å². The third-order valence-corrected chi connectivity index (χ3v) is 4.14. The Morgan fingerprint density at radius 1 is 1.35 bits per heavy atom. The van der Waals surface area contributed by atoms with Gasteiger partial charge in [-0.2, -0.15) is 0 Å². The number of hydrogen-bond acceptors (Lipinski definition) is 3. The average Bonchev–Trinajstić information content (AvgIpc) is 2.64. The molecule has 0 aliphatic carbocycles. The molecule has 0 saturated carbocycles. The van der Waals surface area contributed by atoms with Crippen LogP contribution in [-0.4, -0.2) is 31.6 Å². The molecule has 2 rings (SSSR count). The van der Waals surface area contributed by atoms with Crippen LogP contribution in [0, 0.1) is 6.92 Å². The predicted octanol–water partition coefficient (Wildman–Crippen LogP) is 0.378. The van der Waals surface area contributed by atoms with Gasteiger partial charge in [-0.05, 0) is 31.3 Å². The smallest absolute Gasteiger partial charge is 0.257 e. The molecule has 0 bridgehead atoms. The molecule has 1 aromatic carbocycles. The molecule has 1 heterocycles. The Kier molecular flexibility index (Phi) is 3.32. The van der Waals surface area contributed by atoms with Crippen molar-refractivity contribution >= 4 is 27.4 Å². The zero-order valence-electron chi connectivity index (χ0n) is 9.30. The quantitative estimate of drug-likeness (QED) is 0.778. The van der Waals surface area contributed by atoms with E-state index in [2.05, 4.69) is 10.1 Å². The van der Waals surface area contributed by atoms with Crippen molar-refractivity contribution in [2.24, 2.45) is 0 Å². The van der Waals surface area contributed by atoms with Crippen molar-refractivity contribution in [1.29, 1.82) is 0 Å². The van der Waals surface area contributed by atoms with Gasteiger partial charge >= 0.3 is 0 Å². The molecule has 0 atom stereocenters. The average molecular weight is 271 g/mol. The fraction of sp³-hybridized carbons (Fsp3) is 0.300. The van der Waals surface area contributed by atoms with E-state index >= 15 is 0 Å². The van der Waals surface area contributed by atoms with E-state index in [-0.39, 0.29) is 4.90 Å². The van der Waals surface area contributed by atoms with Crippen molar-refractivity contribution in [3.63, 3.8) is 0 Å². The fourth-order valence-electron chi connectivity index (χ4n) is 1.47. The Morgan fingerprint density at radius 2 is 2.00 bits per heavy atom. The number of hydrazine groups is 1. The molecule has 0 radical (unpaired) electrons. The van der Waals surface area contributed by atoms with Crippen LogP contribution in [-0.2, 0) is 10.0 Å². The van der Waals surface area contributed by atoms with Gasteiger partial charge in [0.2, 0.25) is 0 Å². The highest BCUT2D eigenvalue weighted by molar-refractivity contribution is 7.89. The summed E-state index contributed by atoms with van der Waals surface area (Å²) in [4.78, 5) is 2.68. The molecule has 0 amide bonds. The number of sulfonamides is 1.